The Morgan fingerprint density at radius 2 is 1.59 bits per heavy atom. The zero-order chi connectivity index (χ0) is 30.4. The van der Waals surface area contributed by atoms with E-state index < -0.39 is 69.5 Å². The Morgan fingerprint density at radius 1 is 0.927 bits per heavy atom. The molecule has 2 aromatic heterocycles. The number of aryl methyl sites for hydroxylation is 1. The van der Waals surface area contributed by atoms with Crippen molar-refractivity contribution >= 4 is 77.9 Å². The summed E-state index contributed by atoms with van der Waals surface area (Å²) < 4.78 is 93.6. The number of aromatic hydroxyl groups is 1. The van der Waals surface area contributed by atoms with E-state index in [0.29, 0.717) is 0 Å². The number of halogens is 5. The van der Waals surface area contributed by atoms with E-state index in [0.717, 1.165) is 35.0 Å². The van der Waals surface area contributed by atoms with Crippen molar-refractivity contribution in [1.29, 1.82) is 0 Å². The molecule has 0 fully saturated rings. The van der Waals surface area contributed by atoms with Gasteiger partial charge in [-0.05, 0) is 37.3 Å². The Morgan fingerprint density at radius 3 is 2.22 bits per heavy atom. The number of anilines is 2. The molecule has 4 rings (SSSR count). The molecule has 0 bridgehead atoms. The van der Waals surface area contributed by atoms with E-state index in [9.17, 15) is 39.8 Å². The molecule has 0 aliphatic heterocycles. The van der Waals surface area contributed by atoms with Crippen molar-refractivity contribution < 1.29 is 39.8 Å². The van der Waals surface area contributed by atoms with Gasteiger partial charge in [0, 0.05) is 5.69 Å². The second kappa shape index (κ2) is 11.0. The number of rotatable bonds is 7. The molecular formula is C20H12Cl3F2N7O7S2. The fraction of sp³-hybridized carbons (Fsp3) is 0.0500. The van der Waals surface area contributed by atoms with Crippen LogP contribution >= 0.6 is 34.8 Å². The fourth-order valence-corrected chi connectivity index (χ4v) is 5.35. The molecule has 0 saturated carbocycles. The van der Waals surface area contributed by atoms with Gasteiger partial charge in [0.05, 0.1) is 21.4 Å². The highest BCUT2D eigenvalue weighted by atomic mass is 35.5. The molecule has 0 aliphatic carbocycles. The number of nitrogens with one attached hydrogen (secondary N) is 1. The highest BCUT2D eigenvalue weighted by Crippen LogP contribution is 2.39. The topological polar surface area (TPSA) is 209 Å². The maximum Gasteiger partial charge on any atom is 0.313 e. The molecule has 2 heterocycles. The summed E-state index contributed by atoms with van der Waals surface area (Å²) in [5.41, 5.74) is -0.994. The lowest BCUT2D eigenvalue weighted by Crippen LogP contribution is -2.03. The first kappa shape index (κ1) is 30.4. The molecule has 0 unspecified atom stereocenters. The summed E-state index contributed by atoms with van der Waals surface area (Å²) >= 11 is 17.8. The number of nitrogens with zero attached hydrogens (tertiary/aromatic N) is 6. The summed E-state index contributed by atoms with van der Waals surface area (Å²) in [7, 11) is -9.59. The maximum absolute atomic E-state index is 13.7. The van der Waals surface area contributed by atoms with Crippen LogP contribution in [0.5, 0.6) is 5.88 Å². The predicted octanol–water partition coefficient (Wildman–Crippen LogP) is 5.57. The molecule has 0 aliphatic rings. The van der Waals surface area contributed by atoms with Crippen LogP contribution in [-0.4, -0.2) is 50.8 Å². The van der Waals surface area contributed by atoms with Gasteiger partial charge in [0.25, 0.3) is 20.2 Å². The standard InChI is InChI=1S/C20H12Cl3F2N7O7S2/c1-7-16(19(33)32(31-7)12-5-10(22)14(6-9(12)21)41(37,38)39)30-29-11-4-8(2-3-13(11)40(34,35)36)26-18-15(23)17(24)27-20(25)28-18/h2-6,33H,1H3,(H,26,27,28)(H,34,35,36)(H,37,38,39)/b30-29+. The van der Waals surface area contributed by atoms with Gasteiger partial charge in [-0.25, -0.2) is 0 Å². The summed E-state index contributed by atoms with van der Waals surface area (Å²) in [5.74, 6) is -2.58. The zero-order valence-electron chi connectivity index (χ0n) is 19.8. The monoisotopic (exact) mass is 669 g/mol. The average Bonchev–Trinajstić information content (AvgIpc) is 3.13. The summed E-state index contributed by atoms with van der Waals surface area (Å²) in [6.07, 6.45) is -1.44. The lowest BCUT2D eigenvalue weighted by Gasteiger charge is -2.10. The predicted molar refractivity (Wildman–Crippen MR) is 140 cm³/mol. The first-order valence-corrected chi connectivity index (χ1v) is 14.4. The fourth-order valence-electron chi connectivity index (χ4n) is 3.28. The maximum atomic E-state index is 13.7. The Labute approximate surface area is 243 Å². The van der Waals surface area contributed by atoms with Crippen molar-refractivity contribution in [3.05, 3.63) is 63.1 Å². The Balaban J connectivity index is 1.77. The van der Waals surface area contributed by atoms with Gasteiger partial charge in [-0.15, -0.1) is 10.2 Å². The van der Waals surface area contributed by atoms with E-state index in [1.54, 1.807) is 0 Å². The molecule has 14 nitrogen and oxygen atoms in total. The SMILES string of the molecule is Cc1nn(-c2cc(Cl)c(S(=O)(=O)O)cc2Cl)c(O)c1/N=N/c1cc(Nc2nc(F)nc(F)c2Cl)ccc1S(=O)(=O)O. The van der Waals surface area contributed by atoms with Crippen LogP contribution in [0.2, 0.25) is 15.1 Å². The molecule has 4 N–H and O–H groups in total. The van der Waals surface area contributed by atoms with Gasteiger partial charge in [0.2, 0.25) is 11.8 Å². The first-order chi connectivity index (χ1) is 19.0. The Bertz CT molecular complexity index is 1970. The summed E-state index contributed by atoms with van der Waals surface area (Å²) in [6.45, 7) is 1.37. The minimum Gasteiger partial charge on any atom is -0.492 e. The van der Waals surface area contributed by atoms with Gasteiger partial charge in [-0.1, -0.05) is 34.8 Å². The third kappa shape index (κ3) is 6.38. The molecule has 21 heteroatoms. The van der Waals surface area contributed by atoms with Crippen molar-refractivity contribution in [2.75, 3.05) is 5.32 Å². The van der Waals surface area contributed by atoms with E-state index >= 15 is 0 Å². The van der Waals surface area contributed by atoms with Crippen molar-refractivity contribution in [2.45, 2.75) is 16.7 Å². The van der Waals surface area contributed by atoms with Crippen LogP contribution in [0.1, 0.15) is 5.69 Å². The van der Waals surface area contributed by atoms with Crippen LogP contribution in [0, 0.1) is 18.9 Å². The Hall–Kier alpha value is -3.52. The molecule has 0 atom stereocenters. The molecule has 216 valence electrons. The van der Waals surface area contributed by atoms with Crippen molar-refractivity contribution in [3.8, 4) is 11.6 Å². The van der Waals surface area contributed by atoms with Gasteiger partial charge in [-0.2, -0.15) is 45.4 Å². The second-order valence-corrected chi connectivity index (χ2v) is 11.8. The summed E-state index contributed by atoms with van der Waals surface area (Å²) in [4.78, 5) is 4.70. The minimum absolute atomic E-state index is 0.0127. The van der Waals surface area contributed by atoms with Gasteiger partial charge in [0.1, 0.15) is 20.5 Å². The number of hydrogen-bond acceptors (Lipinski definition) is 11. The second-order valence-electron chi connectivity index (χ2n) is 7.81. The van der Waals surface area contributed by atoms with Crippen LogP contribution in [-0.2, 0) is 20.2 Å². The van der Waals surface area contributed by atoms with Gasteiger partial charge < -0.3 is 10.4 Å². The smallest absolute Gasteiger partial charge is 0.313 e. The van der Waals surface area contributed by atoms with Crippen LogP contribution in [0.3, 0.4) is 0 Å². The average molecular weight is 671 g/mol. The molecule has 0 spiro atoms. The van der Waals surface area contributed by atoms with Gasteiger partial charge in [-0.3, -0.25) is 9.11 Å². The van der Waals surface area contributed by atoms with Crippen LogP contribution in [0.15, 0.2) is 50.4 Å². The minimum atomic E-state index is -4.87. The van der Waals surface area contributed by atoms with E-state index in [4.69, 9.17) is 34.8 Å². The lowest BCUT2D eigenvalue weighted by molar-refractivity contribution is 0.434. The summed E-state index contributed by atoms with van der Waals surface area (Å²) in [5, 5.41) is 23.4. The third-order valence-corrected chi connectivity index (χ3v) is 7.91. The number of hydrogen-bond donors (Lipinski definition) is 4. The van der Waals surface area contributed by atoms with Crippen LogP contribution in [0.25, 0.3) is 5.69 Å². The van der Waals surface area contributed by atoms with E-state index in [1.165, 1.54) is 6.92 Å². The van der Waals surface area contributed by atoms with Crippen molar-refractivity contribution in [3.63, 3.8) is 0 Å². The molecule has 0 saturated heterocycles. The van der Waals surface area contributed by atoms with E-state index in [1.807, 2.05) is 0 Å². The lowest BCUT2D eigenvalue weighted by atomic mass is 10.3. The highest BCUT2D eigenvalue weighted by Gasteiger charge is 2.23. The van der Waals surface area contributed by atoms with Gasteiger partial charge in [0.15, 0.2) is 11.5 Å². The largest absolute Gasteiger partial charge is 0.492 e. The van der Waals surface area contributed by atoms with E-state index in [-0.39, 0.29) is 27.8 Å². The van der Waals surface area contributed by atoms with Crippen molar-refractivity contribution in [2.24, 2.45) is 10.2 Å². The van der Waals surface area contributed by atoms with Gasteiger partial charge >= 0.3 is 6.08 Å². The molecule has 2 aromatic carbocycles. The normalized spacial score (nSPS) is 12.3. The number of aromatic nitrogens is 4. The van der Waals surface area contributed by atoms with Crippen LogP contribution < -0.4 is 5.32 Å². The molecule has 41 heavy (non-hydrogen) atoms. The van der Waals surface area contributed by atoms with E-state index in [2.05, 4.69) is 30.6 Å². The Kier molecular flexibility index (Phi) is 8.20. The molecular weight excluding hydrogens is 659 g/mol. The molecule has 0 radical (unpaired) electrons. The number of benzene rings is 2. The first-order valence-electron chi connectivity index (χ1n) is 10.4. The van der Waals surface area contributed by atoms with Crippen molar-refractivity contribution in [1.82, 2.24) is 19.7 Å². The zero-order valence-corrected chi connectivity index (χ0v) is 23.7. The highest BCUT2D eigenvalue weighted by molar-refractivity contribution is 7.86. The third-order valence-electron chi connectivity index (χ3n) is 5.05. The van der Waals surface area contributed by atoms with Crippen LogP contribution in [0.4, 0.5) is 31.7 Å². The number of azo groups is 1. The quantitative estimate of drug-likeness (QED) is 0.0827. The molecule has 4 aromatic rings. The summed E-state index contributed by atoms with van der Waals surface area (Å²) in [6, 6.07) is 4.81. The molecule has 0 amide bonds.